The van der Waals surface area contributed by atoms with Crippen LogP contribution in [0.2, 0.25) is 0 Å². The number of hydrogen-bond donors (Lipinski definition) is 0. The number of anilines is 1. The van der Waals surface area contributed by atoms with E-state index in [1.165, 1.54) is 35.7 Å². The Morgan fingerprint density at radius 2 is 1.78 bits per heavy atom. The molecule has 0 aliphatic carbocycles. The van der Waals surface area contributed by atoms with E-state index in [9.17, 15) is 0 Å². The van der Waals surface area contributed by atoms with Crippen molar-refractivity contribution in [3.05, 3.63) is 17.6 Å². The second kappa shape index (κ2) is 4.26. The van der Waals surface area contributed by atoms with Gasteiger partial charge in [0.05, 0.1) is 5.69 Å². The minimum atomic E-state index is 1.03. The first kappa shape index (κ1) is 11.5. The highest BCUT2D eigenvalue weighted by Crippen LogP contribution is 2.30. The zero-order chi connectivity index (χ0) is 12.7. The highest BCUT2D eigenvalue weighted by molar-refractivity contribution is 5.95. The first-order valence-corrected chi connectivity index (χ1v) is 6.72. The zero-order valence-electron chi connectivity index (χ0n) is 11.4. The predicted octanol–water partition coefficient (Wildman–Crippen LogP) is 2.58. The summed E-state index contributed by atoms with van der Waals surface area (Å²) in [6.45, 7) is 6.42. The number of piperidine rings is 1. The highest BCUT2D eigenvalue weighted by Gasteiger charge is 2.18. The molecule has 0 N–H and O–H groups in total. The summed E-state index contributed by atoms with van der Waals surface area (Å²) in [6.07, 6.45) is 6.06. The smallest absolute Gasteiger partial charge is 0.160 e. The molecule has 0 aromatic carbocycles. The van der Waals surface area contributed by atoms with Gasteiger partial charge in [-0.2, -0.15) is 5.10 Å². The van der Waals surface area contributed by atoms with E-state index in [0.717, 1.165) is 24.6 Å². The van der Waals surface area contributed by atoms with Gasteiger partial charge in [0.2, 0.25) is 0 Å². The molecule has 4 heteroatoms. The van der Waals surface area contributed by atoms with Crippen LogP contribution in [-0.2, 0) is 7.05 Å². The molecule has 4 nitrogen and oxygen atoms in total. The predicted molar refractivity (Wildman–Crippen MR) is 74.0 cm³/mol. The quantitative estimate of drug-likeness (QED) is 0.773. The summed E-state index contributed by atoms with van der Waals surface area (Å²) in [7, 11) is 2.09. The van der Waals surface area contributed by atoms with Crippen molar-refractivity contribution in [2.45, 2.75) is 33.1 Å². The maximum atomic E-state index is 4.45. The van der Waals surface area contributed by atoms with E-state index in [2.05, 4.69) is 39.8 Å². The molecule has 96 valence electrons. The van der Waals surface area contributed by atoms with Crippen molar-refractivity contribution in [2.24, 2.45) is 7.05 Å². The normalized spacial score (nSPS) is 16.5. The van der Waals surface area contributed by atoms with Crippen LogP contribution in [0.3, 0.4) is 0 Å². The molecule has 0 unspecified atom stereocenters. The van der Waals surface area contributed by atoms with E-state index >= 15 is 0 Å². The Labute approximate surface area is 108 Å². The zero-order valence-corrected chi connectivity index (χ0v) is 11.4. The van der Waals surface area contributed by atoms with Crippen molar-refractivity contribution >= 4 is 16.6 Å². The Hall–Kier alpha value is -1.58. The molecule has 2 aromatic heterocycles. The fourth-order valence-electron chi connectivity index (χ4n) is 2.92. The van der Waals surface area contributed by atoms with E-state index in [1.807, 2.05) is 6.92 Å². The lowest BCUT2D eigenvalue weighted by molar-refractivity contribution is 0.572. The van der Waals surface area contributed by atoms with Crippen molar-refractivity contribution in [1.82, 2.24) is 14.8 Å². The van der Waals surface area contributed by atoms with Gasteiger partial charge in [0, 0.05) is 42.8 Å². The van der Waals surface area contributed by atoms with Crippen molar-refractivity contribution < 1.29 is 0 Å². The van der Waals surface area contributed by atoms with Crippen LogP contribution in [0.5, 0.6) is 0 Å². The largest absolute Gasteiger partial charge is 0.355 e. The average Bonchev–Trinajstić information content (AvgIpc) is 2.68. The molecule has 3 rings (SSSR count). The maximum absolute atomic E-state index is 4.45. The van der Waals surface area contributed by atoms with Crippen molar-refractivity contribution in [2.75, 3.05) is 18.0 Å². The monoisotopic (exact) mass is 244 g/mol. The number of nitrogens with zero attached hydrogens (tertiary/aromatic N) is 4. The number of aromatic nitrogens is 3. The lowest BCUT2D eigenvalue weighted by Gasteiger charge is -2.27. The standard InChI is InChI=1S/C14H20N4/c1-10-13-11(2)17(3)9-12(13)14(16-15-10)18-7-5-4-6-8-18/h9H,4-8H2,1-3H3. The molecule has 1 fully saturated rings. The Bertz CT molecular complexity index is 579. The second-order valence-corrected chi connectivity index (χ2v) is 5.27. The van der Waals surface area contributed by atoms with Crippen molar-refractivity contribution in [3.63, 3.8) is 0 Å². The number of aryl methyl sites for hydroxylation is 3. The molecule has 0 spiro atoms. The molecule has 18 heavy (non-hydrogen) atoms. The summed E-state index contributed by atoms with van der Waals surface area (Å²) in [5.74, 6) is 1.07. The molecular formula is C14H20N4. The minimum Gasteiger partial charge on any atom is -0.355 e. The van der Waals surface area contributed by atoms with Crippen LogP contribution in [0.15, 0.2) is 6.20 Å². The first-order chi connectivity index (χ1) is 8.68. The topological polar surface area (TPSA) is 34.0 Å². The number of fused-ring (bicyclic) bond motifs is 1. The van der Waals surface area contributed by atoms with Crippen LogP contribution in [0, 0.1) is 13.8 Å². The Morgan fingerprint density at radius 3 is 2.50 bits per heavy atom. The van der Waals surface area contributed by atoms with Crippen molar-refractivity contribution in [1.29, 1.82) is 0 Å². The van der Waals surface area contributed by atoms with E-state index in [0.29, 0.717) is 0 Å². The van der Waals surface area contributed by atoms with Gasteiger partial charge in [-0.05, 0) is 33.1 Å². The molecule has 2 aromatic rings. The summed E-state index contributed by atoms with van der Waals surface area (Å²) in [4.78, 5) is 2.39. The molecule has 0 atom stereocenters. The first-order valence-electron chi connectivity index (χ1n) is 6.72. The summed E-state index contributed by atoms with van der Waals surface area (Å²) >= 11 is 0. The average molecular weight is 244 g/mol. The van der Waals surface area contributed by atoms with E-state index < -0.39 is 0 Å². The van der Waals surface area contributed by atoms with E-state index in [-0.39, 0.29) is 0 Å². The number of rotatable bonds is 1. The van der Waals surface area contributed by atoms with Crippen LogP contribution in [0.25, 0.3) is 10.8 Å². The molecule has 0 amide bonds. The van der Waals surface area contributed by atoms with E-state index in [1.54, 1.807) is 0 Å². The molecule has 0 bridgehead atoms. The van der Waals surface area contributed by atoms with Gasteiger partial charge in [0.15, 0.2) is 5.82 Å². The molecule has 3 heterocycles. The third-order valence-electron chi connectivity index (χ3n) is 4.04. The summed E-state index contributed by atoms with van der Waals surface area (Å²) in [6, 6.07) is 0. The Morgan fingerprint density at radius 1 is 1.06 bits per heavy atom. The maximum Gasteiger partial charge on any atom is 0.160 e. The van der Waals surface area contributed by atoms with Gasteiger partial charge in [0.1, 0.15) is 0 Å². The molecule has 1 saturated heterocycles. The second-order valence-electron chi connectivity index (χ2n) is 5.27. The van der Waals surface area contributed by atoms with Gasteiger partial charge in [-0.25, -0.2) is 0 Å². The van der Waals surface area contributed by atoms with Gasteiger partial charge in [-0.3, -0.25) is 0 Å². The van der Waals surface area contributed by atoms with Crippen LogP contribution < -0.4 is 4.90 Å². The molecule has 1 aliphatic rings. The lowest BCUT2D eigenvalue weighted by Crippen LogP contribution is -2.30. The van der Waals surface area contributed by atoms with Crippen LogP contribution >= 0.6 is 0 Å². The lowest BCUT2D eigenvalue weighted by atomic mass is 10.1. The van der Waals surface area contributed by atoms with Gasteiger partial charge < -0.3 is 9.47 Å². The minimum absolute atomic E-state index is 1.03. The third-order valence-corrected chi connectivity index (χ3v) is 4.04. The van der Waals surface area contributed by atoms with Crippen molar-refractivity contribution in [3.8, 4) is 0 Å². The molecular weight excluding hydrogens is 224 g/mol. The Kier molecular flexibility index (Phi) is 2.73. The molecule has 0 radical (unpaired) electrons. The SMILES string of the molecule is Cc1nnc(N2CCCCC2)c2cn(C)c(C)c12. The van der Waals surface area contributed by atoms with Gasteiger partial charge in [-0.15, -0.1) is 5.10 Å². The summed E-state index contributed by atoms with van der Waals surface area (Å²) in [5, 5.41) is 11.3. The third kappa shape index (κ3) is 1.67. The van der Waals surface area contributed by atoms with Crippen LogP contribution in [0.1, 0.15) is 30.7 Å². The van der Waals surface area contributed by atoms with Crippen LogP contribution in [0.4, 0.5) is 5.82 Å². The van der Waals surface area contributed by atoms with Crippen LogP contribution in [-0.4, -0.2) is 27.9 Å². The van der Waals surface area contributed by atoms with Gasteiger partial charge in [0.25, 0.3) is 0 Å². The fraction of sp³-hybridized carbons (Fsp3) is 0.571. The Balaban J connectivity index is 2.17. The molecule has 0 saturated carbocycles. The van der Waals surface area contributed by atoms with E-state index in [4.69, 9.17) is 0 Å². The fourth-order valence-corrected chi connectivity index (χ4v) is 2.92. The number of hydrogen-bond acceptors (Lipinski definition) is 3. The van der Waals surface area contributed by atoms with Gasteiger partial charge in [-0.1, -0.05) is 0 Å². The van der Waals surface area contributed by atoms with Gasteiger partial charge >= 0.3 is 0 Å². The highest BCUT2D eigenvalue weighted by atomic mass is 15.3. The summed E-state index contributed by atoms with van der Waals surface area (Å²) in [5.41, 5.74) is 2.31. The molecule has 1 aliphatic heterocycles. The summed E-state index contributed by atoms with van der Waals surface area (Å²) < 4.78 is 2.18.